The minimum atomic E-state index is -0.687. The molecule has 2 atom stereocenters. The molecule has 0 saturated heterocycles. The highest BCUT2D eigenvalue weighted by molar-refractivity contribution is 4.95. The highest BCUT2D eigenvalue weighted by atomic mass is 16.3. The zero-order chi connectivity index (χ0) is 11.9. The summed E-state index contributed by atoms with van der Waals surface area (Å²) >= 11 is 0. The molecule has 2 nitrogen and oxygen atoms in total. The number of hydrogen-bond donors (Lipinski definition) is 2. The van der Waals surface area contributed by atoms with Crippen LogP contribution in [-0.2, 0) is 0 Å². The minimum Gasteiger partial charge on any atom is -0.386 e. The van der Waals surface area contributed by atoms with Gasteiger partial charge in [0.05, 0.1) is 5.60 Å². The fraction of sp³-hybridized carbons (Fsp3) is 0.846. The van der Waals surface area contributed by atoms with Gasteiger partial charge in [-0.25, -0.2) is 0 Å². The second kappa shape index (κ2) is 7.02. The summed E-state index contributed by atoms with van der Waals surface area (Å²) in [4.78, 5) is 0. The van der Waals surface area contributed by atoms with Crippen LogP contribution in [0.25, 0.3) is 0 Å². The summed E-state index contributed by atoms with van der Waals surface area (Å²) in [6, 6.07) is 0. The Morgan fingerprint density at radius 2 is 1.80 bits per heavy atom. The Hall–Kier alpha value is -0.340. The van der Waals surface area contributed by atoms with Gasteiger partial charge in [0.1, 0.15) is 0 Å². The van der Waals surface area contributed by atoms with E-state index in [1.54, 1.807) is 6.08 Å². The Bertz CT molecular complexity index is 179. The van der Waals surface area contributed by atoms with Crippen LogP contribution >= 0.6 is 0 Å². The smallest absolute Gasteiger partial charge is 0.0825 e. The van der Waals surface area contributed by atoms with E-state index >= 15 is 0 Å². The Balaban J connectivity index is 4.01. The van der Waals surface area contributed by atoms with E-state index in [9.17, 15) is 5.11 Å². The van der Waals surface area contributed by atoms with Crippen molar-refractivity contribution in [2.24, 2.45) is 17.6 Å². The molecule has 0 aromatic rings. The molecule has 0 heterocycles. The predicted molar refractivity (Wildman–Crippen MR) is 66.7 cm³/mol. The first-order valence-corrected chi connectivity index (χ1v) is 5.99. The van der Waals surface area contributed by atoms with E-state index in [2.05, 4.69) is 27.4 Å². The van der Waals surface area contributed by atoms with E-state index < -0.39 is 5.60 Å². The predicted octanol–water partition coefficient (Wildman–Crippen LogP) is 2.71. The molecule has 0 spiro atoms. The van der Waals surface area contributed by atoms with Crippen molar-refractivity contribution < 1.29 is 5.11 Å². The molecule has 0 bridgehead atoms. The van der Waals surface area contributed by atoms with Crippen molar-refractivity contribution in [2.75, 3.05) is 6.54 Å². The zero-order valence-electron chi connectivity index (χ0n) is 10.5. The largest absolute Gasteiger partial charge is 0.386 e. The molecule has 0 aliphatic rings. The van der Waals surface area contributed by atoms with Crippen LogP contribution in [-0.4, -0.2) is 17.3 Å². The lowest BCUT2D eigenvalue weighted by Gasteiger charge is -2.26. The van der Waals surface area contributed by atoms with E-state index in [1.165, 1.54) is 0 Å². The summed E-state index contributed by atoms with van der Waals surface area (Å²) in [6.07, 6.45) is 5.29. The van der Waals surface area contributed by atoms with Crippen LogP contribution in [0.4, 0.5) is 0 Å². The van der Waals surface area contributed by atoms with Gasteiger partial charge in [0.2, 0.25) is 0 Å². The monoisotopic (exact) mass is 213 g/mol. The van der Waals surface area contributed by atoms with Crippen LogP contribution in [0.2, 0.25) is 0 Å². The fourth-order valence-electron chi connectivity index (χ4n) is 1.48. The second-order valence-electron chi connectivity index (χ2n) is 5.12. The van der Waals surface area contributed by atoms with Crippen LogP contribution < -0.4 is 5.73 Å². The Labute approximate surface area is 94.6 Å². The highest BCUT2D eigenvalue weighted by Crippen LogP contribution is 2.24. The van der Waals surface area contributed by atoms with Gasteiger partial charge in [-0.15, -0.1) is 6.58 Å². The summed E-state index contributed by atoms with van der Waals surface area (Å²) in [5.74, 6) is 1.11. The molecule has 0 aliphatic heterocycles. The maximum Gasteiger partial charge on any atom is 0.0825 e. The SMILES string of the molecule is C=CC(O)(CCC(C)C)CCC(C)CN. The first-order chi connectivity index (χ1) is 6.93. The molecular formula is C13H27NO. The molecule has 0 fully saturated rings. The van der Waals surface area contributed by atoms with Gasteiger partial charge in [0.15, 0.2) is 0 Å². The number of rotatable bonds is 8. The zero-order valence-corrected chi connectivity index (χ0v) is 10.5. The first-order valence-electron chi connectivity index (χ1n) is 5.99. The van der Waals surface area contributed by atoms with Gasteiger partial charge < -0.3 is 10.8 Å². The second-order valence-corrected chi connectivity index (χ2v) is 5.12. The van der Waals surface area contributed by atoms with Gasteiger partial charge in [-0.05, 0) is 44.1 Å². The Kier molecular flexibility index (Phi) is 6.86. The van der Waals surface area contributed by atoms with Crippen molar-refractivity contribution in [3.05, 3.63) is 12.7 Å². The van der Waals surface area contributed by atoms with Crippen LogP contribution in [0, 0.1) is 11.8 Å². The molecule has 0 rings (SSSR count). The van der Waals surface area contributed by atoms with Crippen molar-refractivity contribution in [1.82, 2.24) is 0 Å². The minimum absolute atomic E-state index is 0.482. The number of aliphatic hydroxyl groups is 1. The normalized spacial score (nSPS) is 17.5. The molecule has 0 aliphatic carbocycles. The summed E-state index contributed by atoms with van der Waals surface area (Å²) in [5, 5.41) is 10.3. The molecule has 0 amide bonds. The molecule has 3 N–H and O–H groups in total. The topological polar surface area (TPSA) is 46.2 Å². The third kappa shape index (κ3) is 6.69. The standard InChI is InChI=1S/C13H27NO/c1-5-13(15,8-6-11(2)3)9-7-12(4)10-14/h5,11-12,15H,1,6-10,14H2,2-4H3. The highest BCUT2D eigenvalue weighted by Gasteiger charge is 2.23. The molecule has 15 heavy (non-hydrogen) atoms. The van der Waals surface area contributed by atoms with Crippen molar-refractivity contribution in [2.45, 2.75) is 52.1 Å². The van der Waals surface area contributed by atoms with Crippen LogP contribution in [0.1, 0.15) is 46.5 Å². The molecule has 0 radical (unpaired) electrons. The van der Waals surface area contributed by atoms with Gasteiger partial charge in [-0.3, -0.25) is 0 Å². The molecule has 0 aromatic heterocycles. The van der Waals surface area contributed by atoms with Crippen LogP contribution in [0.3, 0.4) is 0 Å². The summed E-state index contributed by atoms with van der Waals surface area (Å²) < 4.78 is 0. The molecular weight excluding hydrogens is 186 g/mol. The average molecular weight is 213 g/mol. The first kappa shape index (κ1) is 14.7. The fourth-order valence-corrected chi connectivity index (χ4v) is 1.48. The quantitative estimate of drug-likeness (QED) is 0.609. The summed E-state index contributed by atoms with van der Waals surface area (Å²) in [6.45, 7) is 10.9. The lowest BCUT2D eigenvalue weighted by Crippen LogP contribution is -2.27. The van der Waals surface area contributed by atoms with E-state index in [0.717, 1.165) is 25.7 Å². The lowest BCUT2D eigenvalue weighted by molar-refractivity contribution is 0.0606. The van der Waals surface area contributed by atoms with E-state index in [-0.39, 0.29) is 0 Å². The summed E-state index contributed by atoms with van der Waals surface area (Å²) in [7, 11) is 0. The van der Waals surface area contributed by atoms with Gasteiger partial charge in [0.25, 0.3) is 0 Å². The maximum absolute atomic E-state index is 10.3. The molecule has 90 valence electrons. The molecule has 0 aromatic carbocycles. The Morgan fingerprint density at radius 3 is 2.20 bits per heavy atom. The maximum atomic E-state index is 10.3. The third-order valence-electron chi connectivity index (χ3n) is 3.01. The third-order valence-corrected chi connectivity index (χ3v) is 3.01. The number of nitrogens with two attached hydrogens (primary N) is 1. The molecule has 2 unspecified atom stereocenters. The average Bonchev–Trinajstić information content (AvgIpc) is 2.23. The van der Waals surface area contributed by atoms with Gasteiger partial charge >= 0.3 is 0 Å². The van der Waals surface area contributed by atoms with Crippen molar-refractivity contribution in [3.8, 4) is 0 Å². The number of hydrogen-bond acceptors (Lipinski definition) is 2. The van der Waals surface area contributed by atoms with Crippen LogP contribution in [0.5, 0.6) is 0 Å². The van der Waals surface area contributed by atoms with E-state index in [1.807, 2.05) is 0 Å². The van der Waals surface area contributed by atoms with Crippen LogP contribution in [0.15, 0.2) is 12.7 Å². The Morgan fingerprint density at radius 1 is 1.27 bits per heavy atom. The van der Waals surface area contributed by atoms with Crippen molar-refractivity contribution in [1.29, 1.82) is 0 Å². The molecule has 0 saturated carbocycles. The van der Waals surface area contributed by atoms with E-state index in [0.29, 0.717) is 18.4 Å². The lowest BCUT2D eigenvalue weighted by atomic mass is 9.87. The van der Waals surface area contributed by atoms with Crippen molar-refractivity contribution >= 4 is 0 Å². The van der Waals surface area contributed by atoms with Gasteiger partial charge in [0, 0.05) is 0 Å². The van der Waals surface area contributed by atoms with Crippen molar-refractivity contribution in [3.63, 3.8) is 0 Å². The van der Waals surface area contributed by atoms with Gasteiger partial charge in [-0.1, -0.05) is 26.8 Å². The van der Waals surface area contributed by atoms with Gasteiger partial charge in [-0.2, -0.15) is 0 Å². The summed E-state index contributed by atoms with van der Waals surface area (Å²) in [5.41, 5.74) is 4.87. The molecule has 2 heteroatoms. The van der Waals surface area contributed by atoms with E-state index in [4.69, 9.17) is 5.73 Å².